The Morgan fingerprint density at radius 3 is 1.44 bits per heavy atom. The molecule has 0 radical (unpaired) electrons. The average Bonchev–Trinajstić information content (AvgIpc) is 2.58. The minimum Gasteiger partial charge on any atom is -0.507 e. The number of hydrogen-bond acceptors (Lipinski definition) is 2. The summed E-state index contributed by atoms with van der Waals surface area (Å²) in [7, 11) is 0. The van der Waals surface area contributed by atoms with Crippen LogP contribution in [0.3, 0.4) is 0 Å². The fraction of sp³-hybridized carbons (Fsp3) is 0.455. The number of aromatic hydroxyl groups is 2. The maximum Gasteiger partial charge on any atom is 0.121 e. The molecule has 0 heterocycles. The van der Waals surface area contributed by atoms with Gasteiger partial charge in [0.2, 0.25) is 0 Å². The minimum atomic E-state index is 0.259. The molecule has 0 aromatic heterocycles. The molecule has 0 atom stereocenters. The Kier molecular flexibility index (Phi) is 6.41. The van der Waals surface area contributed by atoms with Crippen LogP contribution < -0.4 is 0 Å². The standard InChI is InChI=1S/C22H29IO2/c1-7-16-14(5)18(9-12(3)21(16)24)20(11-23)19-10-13(4)22(25)17(8-2)15(19)6/h9-10,20,24-25H,7-8,11H2,1-6H3. The van der Waals surface area contributed by atoms with E-state index in [0.717, 1.165) is 39.5 Å². The molecule has 0 saturated heterocycles. The molecule has 2 N–H and O–H groups in total. The summed E-state index contributed by atoms with van der Waals surface area (Å²) in [4.78, 5) is 0. The lowest BCUT2D eigenvalue weighted by Crippen LogP contribution is -2.11. The Labute approximate surface area is 165 Å². The Balaban J connectivity index is 2.75. The first-order valence-electron chi connectivity index (χ1n) is 8.98. The van der Waals surface area contributed by atoms with Crippen LogP contribution in [0, 0.1) is 27.7 Å². The quantitative estimate of drug-likeness (QED) is 0.430. The van der Waals surface area contributed by atoms with Crippen molar-refractivity contribution in [1.29, 1.82) is 0 Å². The average molecular weight is 452 g/mol. The first-order valence-corrected chi connectivity index (χ1v) is 10.5. The highest BCUT2D eigenvalue weighted by Gasteiger charge is 2.23. The number of phenols is 2. The summed E-state index contributed by atoms with van der Waals surface area (Å²) in [6.07, 6.45) is 1.65. The van der Waals surface area contributed by atoms with Crippen molar-refractivity contribution in [2.45, 2.75) is 60.3 Å². The summed E-state index contributed by atoms with van der Waals surface area (Å²) in [5, 5.41) is 20.8. The van der Waals surface area contributed by atoms with Crippen LogP contribution >= 0.6 is 22.6 Å². The van der Waals surface area contributed by atoms with Gasteiger partial charge < -0.3 is 10.2 Å². The molecule has 2 nitrogen and oxygen atoms in total. The van der Waals surface area contributed by atoms with Gasteiger partial charge in [-0.25, -0.2) is 0 Å². The Bertz CT molecular complexity index is 728. The Morgan fingerprint density at radius 1 is 0.800 bits per heavy atom. The van der Waals surface area contributed by atoms with Gasteiger partial charge in [-0.1, -0.05) is 48.6 Å². The van der Waals surface area contributed by atoms with Gasteiger partial charge in [0, 0.05) is 10.3 Å². The number of rotatable bonds is 5. The van der Waals surface area contributed by atoms with Crippen molar-refractivity contribution in [3.8, 4) is 11.5 Å². The molecule has 0 bridgehead atoms. The lowest BCUT2D eigenvalue weighted by molar-refractivity contribution is 0.463. The smallest absolute Gasteiger partial charge is 0.121 e. The van der Waals surface area contributed by atoms with E-state index in [1.165, 1.54) is 22.3 Å². The zero-order valence-corrected chi connectivity index (χ0v) is 18.3. The van der Waals surface area contributed by atoms with Gasteiger partial charge in [0.05, 0.1) is 0 Å². The molecule has 0 amide bonds. The van der Waals surface area contributed by atoms with E-state index in [9.17, 15) is 10.2 Å². The van der Waals surface area contributed by atoms with Crippen LogP contribution in [0.2, 0.25) is 0 Å². The second-order valence-electron chi connectivity index (χ2n) is 6.88. The summed E-state index contributed by atoms with van der Waals surface area (Å²) in [6, 6.07) is 4.28. The number of benzene rings is 2. The minimum absolute atomic E-state index is 0.259. The molecular weight excluding hydrogens is 423 g/mol. The molecule has 0 unspecified atom stereocenters. The van der Waals surface area contributed by atoms with Crippen LogP contribution in [0.1, 0.15) is 64.3 Å². The Hall–Kier alpha value is -1.23. The number of hydrogen-bond donors (Lipinski definition) is 2. The van der Waals surface area contributed by atoms with Crippen molar-refractivity contribution >= 4 is 22.6 Å². The summed E-state index contributed by atoms with van der Waals surface area (Å²) in [6.45, 7) is 12.4. The van der Waals surface area contributed by atoms with Crippen molar-refractivity contribution < 1.29 is 10.2 Å². The van der Waals surface area contributed by atoms with E-state index in [4.69, 9.17) is 0 Å². The molecule has 25 heavy (non-hydrogen) atoms. The third kappa shape index (κ3) is 3.53. The normalized spacial score (nSPS) is 11.4. The highest BCUT2D eigenvalue weighted by atomic mass is 127. The van der Waals surface area contributed by atoms with Crippen molar-refractivity contribution in [2.75, 3.05) is 4.43 Å². The second-order valence-corrected chi connectivity index (χ2v) is 7.76. The maximum absolute atomic E-state index is 10.4. The molecule has 2 aromatic carbocycles. The van der Waals surface area contributed by atoms with E-state index >= 15 is 0 Å². The number of alkyl halides is 1. The molecule has 136 valence electrons. The van der Waals surface area contributed by atoms with Crippen LogP contribution in [0.5, 0.6) is 11.5 Å². The van der Waals surface area contributed by atoms with Crippen LogP contribution in [-0.2, 0) is 12.8 Å². The molecule has 0 aliphatic rings. The van der Waals surface area contributed by atoms with Crippen LogP contribution in [0.4, 0.5) is 0 Å². The molecule has 0 aliphatic carbocycles. The van der Waals surface area contributed by atoms with Gasteiger partial charge in [0.1, 0.15) is 11.5 Å². The number of halogens is 1. The first-order chi connectivity index (χ1) is 11.8. The molecule has 2 aromatic rings. The van der Waals surface area contributed by atoms with Gasteiger partial charge >= 0.3 is 0 Å². The second kappa shape index (κ2) is 7.98. The number of phenolic OH excluding ortho intramolecular Hbond substituents is 2. The zero-order valence-electron chi connectivity index (χ0n) is 16.1. The summed E-state index contributed by atoms with van der Waals surface area (Å²) < 4.78 is 0.959. The van der Waals surface area contributed by atoms with Gasteiger partial charge in [-0.3, -0.25) is 0 Å². The van der Waals surface area contributed by atoms with Gasteiger partial charge in [0.15, 0.2) is 0 Å². The summed E-state index contributed by atoms with van der Waals surface area (Å²) in [5.41, 5.74) is 8.94. The fourth-order valence-electron chi connectivity index (χ4n) is 3.92. The van der Waals surface area contributed by atoms with Crippen LogP contribution in [-0.4, -0.2) is 14.6 Å². The van der Waals surface area contributed by atoms with Crippen molar-refractivity contribution in [1.82, 2.24) is 0 Å². The van der Waals surface area contributed by atoms with E-state index in [1.807, 2.05) is 13.8 Å². The molecule has 3 heteroatoms. The highest BCUT2D eigenvalue weighted by Crippen LogP contribution is 2.40. The summed E-state index contributed by atoms with van der Waals surface area (Å²) >= 11 is 2.45. The largest absolute Gasteiger partial charge is 0.507 e. The van der Waals surface area contributed by atoms with Gasteiger partial charge in [-0.2, -0.15) is 0 Å². The first kappa shape index (κ1) is 20.1. The van der Waals surface area contributed by atoms with Gasteiger partial charge in [-0.15, -0.1) is 0 Å². The monoisotopic (exact) mass is 452 g/mol. The predicted molar refractivity (Wildman–Crippen MR) is 115 cm³/mol. The van der Waals surface area contributed by atoms with Gasteiger partial charge in [0.25, 0.3) is 0 Å². The van der Waals surface area contributed by atoms with E-state index in [2.05, 4.69) is 62.4 Å². The lowest BCUT2D eigenvalue weighted by atomic mass is 9.82. The van der Waals surface area contributed by atoms with E-state index in [-0.39, 0.29) is 5.92 Å². The van der Waals surface area contributed by atoms with Crippen molar-refractivity contribution in [3.05, 3.63) is 56.6 Å². The van der Waals surface area contributed by atoms with E-state index in [0.29, 0.717) is 11.5 Å². The zero-order chi connectivity index (χ0) is 18.9. The van der Waals surface area contributed by atoms with Gasteiger partial charge in [-0.05, 0) is 85.0 Å². The predicted octanol–water partition coefficient (Wildman–Crippen LogP) is 6.02. The van der Waals surface area contributed by atoms with E-state index in [1.54, 1.807) is 0 Å². The van der Waals surface area contributed by atoms with Crippen LogP contribution in [0.15, 0.2) is 12.1 Å². The molecule has 0 saturated carbocycles. The van der Waals surface area contributed by atoms with Crippen LogP contribution in [0.25, 0.3) is 0 Å². The third-order valence-electron chi connectivity index (χ3n) is 5.45. The molecular formula is C22H29IO2. The fourth-order valence-corrected chi connectivity index (χ4v) is 4.87. The maximum atomic E-state index is 10.4. The molecule has 2 rings (SSSR count). The molecule has 0 fully saturated rings. The third-order valence-corrected chi connectivity index (χ3v) is 6.33. The molecule has 0 spiro atoms. The highest BCUT2D eigenvalue weighted by molar-refractivity contribution is 14.1. The Morgan fingerprint density at radius 2 is 1.16 bits per heavy atom. The molecule has 0 aliphatic heterocycles. The SMILES string of the molecule is CCc1c(C)c(C(CI)c2cc(C)c(O)c(CC)c2C)cc(C)c1O. The van der Waals surface area contributed by atoms with Crippen molar-refractivity contribution in [2.24, 2.45) is 0 Å². The van der Waals surface area contributed by atoms with E-state index < -0.39 is 0 Å². The topological polar surface area (TPSA) is 40.5 Å². The number of aryl methyl sites for hydroxylation is 2. The lowest BCUT2D eigenvalue weighted by Gasteiger charge is -2.25. The van der Waals surface area contributed by atoms with Crippen molar-refractivity contribution in [3.63, 3.8) is 0 Å². The summed E-state index contributed by atoms with van der Waals surface area (Å²) in [5.74, 6) is 1.13.